The first-order chi connectivity index (χ1) is 20.7. The molecule has 0 saturated carbocycles. The molecule has 8 rings (SSSR count). The number of anilines is 1. The molecule has 1 aliphatic heterocycles. The number of nitrogens with zero attached hydrogens (tertiary/aromatic N) is 3. The lowest BCUT2D eigenvalue weighted by molar-refractivity contribution is 0.620. The number of aromatic nitrogens is 1. The van der Waals surface area contributed by atoms with E-state index in [2.05, 4.69) is 115 Å². The van der Waals surface area contributed by atoms with Gasteiger partial charge in [-0.1, -0.05) is 97.1 Å². The van der Waals surface area contributed by atoms with Crippen molar-refractivity contribution in [2.45, 2.75) is 6.04 Å². The largest absolute Gasteiger partial charge is 0.436 e. The number of hydrogen-bond donors (Lipinski definition) is 0. The Labute approximate surface area is 244 Å². The van der Waals surface area contributed by atoms with E-state index < -0.39 is 0 Å². The Morgan fingerprint density at radius 3 is 2.19 bits per heavy atom. The van der Waals surface area contributed by atoms with Crippen molar-refractivity contribution in [3.63, 3.8) is 0 Å². The van der Waals surface area contributed by atoms with E-state index in [1.54, 1.807) is 0 Å². The molecule has 0 aliphatic carbocycles. The van der Waals surface area contributed by atoms with Crippen LogP contribution in [0.15, 0.2) is 149 Å². The molecule has 4 heteroatoms. The number of likely N-dealkylation sites (N-methyl/N-ethyl adjacent to an activating group) is 1. The summed E-state index contributed by atoms with van der Waals surface area (Å²) < 4.78 is 6.11. The van der Waals surface area contributed by atoms with Gasteiger partial charge in [0.2, 0.25) is 5.89 Å². The number of para-hydroxylation sites is 2. The molecule has 0 N–H and O–H groups in total. The monoisotopic (exact) mass is 541 g/mol. The van der Waals surface area contributed by atoms with Crippen molar-refractivity contribution in [3.8, 4) is 22.6 Å². The fourth-order valence-corrected chi connectivity index (χ4v) is 6.07. The van der Waals surface area contributed by atoms with E-state index >= 15 is 0 Å². The quantitative estimate of drug-likeness (QED) is 0.223. The standard InChI is InChI=1S/C38H27N3O/c1-41-33-18-9-8-17-32(33)39-35(37(41)25-11-4-2-5-12-25)30-16-10-15-27(24-30)28-19-21-31-29(23-28)20-22-34-36(31)40-38(42-34)26-13-6-3-7-14-26/h2-24,37H,1H3. The summed E-state index contributed by atoms with van der Waals surface area (Å²) in [5.74, 6) is 0.641. The molecule has 1 unspecified atom stereocenters. The third-order valence-electron chi connectivity index (χ3n) is 8.15. The van der Waals surface area contributed by atoms with Gasteiger partial charge in [0.15, 0.2) is 5.58 Å². The summed E-state index contributed by atoms with van der Waals surface area (Å²) in [5, 5.41) is 2.21. The normalized spacial score (nSPS) is 14.6. The van der Waals surface area contributed by atoms with Crippen molar-refractivity contribution >= 4 is 39.0 Å². The maximum Gasteiger partial charge on any atom is 0.227 e. The molecule has 0 amide bonds. The molecular weight excluding hydrogens is 514 g/mol. The molecule has 2 heterocycles. The van der Waals surface area contributed by atoms with E-state index in [1.807, 2.05) is 36.4 Å². The lowest BCUT2D eigenvalue weighted by Crippen LogP contribution is -2.33. The van der Waals surface area contributed by atoms with E-state index in [-0.39, 0.29) is 6.04 Å². The fourth-order valence-electron chi connectivity index (χ4n) is 6.07. The van der Waals surface area contributed by atoms with Gasteiger partial charge in [0.25, 0.3) is 0 Å². The second-order valence-electron chi connectivity index (χ2n) is 10.7. The highest BCUT2D eigenvalue weighted by Gasteiger charge is 2.30. The van der Waals surface area contributed by atoms with Gasteiger partial charge in [0, 0.05) is 18.0 Å². The van der Waals surface area contributed by atoms with Gasteiger partial charge in [-0.2, -0.15) is 0 Å². The molecule has 7 aromatic rings. The second kappa shape index (κ2) is 9.86. The van der Waals surface area contributed by atoms with Crippen LogP contribution in [0, 0.1) is 0 Å². The van der Waals surface area contributed by atoms with Crippen LogP contribution in [0.4, 0.5) is 11.4 Å². The third kappa shape index (κ3) is 4.08. The Hall–Kier alpha value is -5.48. The lowest BCUT2D eigenvalue weighted by atomic mass is 9.91. The number of aliphatic imine (C=N–C) groups is 1. The van der Waals surface area contributed by atoms with Crippen molar-refractivity contribution in [1.29, 1.82) is 0 Å². The van der Waals surface area contributed by atoms with Gasteiger partial charge in [-0.05, 0) is 70.1 Å². The van der Waals surface area contributed by atoms with E-state index in [9.17, 15) is 0 Å². The Morgan fingerprint density at radius 2 is 1.33 bits per heavy atom. The minimum atomic E-state index is 0.00668. The van der Waals surface area contributed by atoms with E-state index in [4.69, 9.17) is 14.4 Å². The highest BCUT2D eigenvalue weighted by atomic mass is 16.3. The molecule has 0 radical (unpaired) electrons. The van der Waals surface area contributed by atoms with Crippen molar-refractivity contribution in [2.24, 2.45) is 4.99 Å². The smallest absolute Gasteiger partial charge is 0.227 e. The summed E-state index contributed by atoms with van der Waals surface area (Å²) in [6.45, 7) is 0. The molecule has 1 atom stereocenters. The molecule has 200 valence electrons. The van der Waals surface area contributed by atoms with Crippen molar-refractivity contribution in [1.82, 2.24) is 4.98 Å². The Bertz CT molecular complexity index is 2110. The molecule has 1 aliphatic rings. The molecule has 42 heavy (non-hydrogen) atoms. The predicted molar refractivity (Wildman–Crippen MR) is 173 cm³/mol. The Balaban J connectivity index is 1.21. The van der Waals surface area contributed by atoms with E-state index in [0.29, 0.717) is 5.89 Å². The fraction of sp³-hybridized carbons (Fsp3) is 0.0526. The first-order valence-electron chi connectivity index (χ1n) is 14.2. The molecule has 4 nitrogen and oxygen atoms in total. The van der Waals surface area contributed by atoms with Gasteiger partial charge in [-0.25, -0.2) is 9.98 Å². The highest BCUT2D eigenvalue weighted by Crippen LogP contribution is 2.41. The number of benzene rings is 6. The van der Waals surface area contributed by atoms with Gasteiger partial charge in [0.1, 0.15) is 5.52 Å². The van der Waals surface area contributed by atoms with Crippen LogP contribution in [-0.2, 0) is 0 Å². The van der Waals surface area contributed by atoms with Crippen LogP contribution in [0.25, 0.3) is 44.5 Å². The van der Waals surface area contributed by atoms with E-state index in [1.165, 1.54) is 5.56 Å². The summed E-state index contributed by atoms with van der Waals surface area (Å²) in [4.78, 5) is 12.4. The second-order valence-corrected chi connectivity index (χ2v) is 10.7. The predicted octanol–water partition coefficient (Wildman–Crippen LogP) is 9.63. The number of hydrogen-bond acceptors (Lipinski definition) is 4. The summed E-state index contributed by atoms with van der Waals surface area (Å²) in [5.41, 5.74) is 10.5. The summed E-state index contributed by atoms with van der Waals surface area (Å²) in [7, 11) is 2.16. The average molecular weight is 542 g/mol. The molecule has 0 bridgehead atoms. The number of fused-ring (bicyclic) bond motifs is 4. The minimum Gasteiger partial charge on any atom is -0.436 e. The molecule has 0 spiro atoms. The van der Waals surface area contributed by atoms with Crippen LogP contribution < -0.4 is 4.90 Å². The zero-order valence-electron chi connectivity index (χ0n) is 23.1. The Kier molecular flexibility index (Phi) is 5.71. The minimum absolute atomic E-state index is 0.00668. The lowest BCUT2D eigenvalue weighted by Gasteiger charge is -2.36. The number of rotatable bonds is 4. The van der Waals surface area contributed by atoms with Gasteiger partial charge in [-0.15, -0.1) is 0 Å². The average Bonchev–Trinajstić information content (AvgIpc) is 3.51. The van der Waals surface area contributed by atoms with Gasteiger partial charge < -0.3 is 9.32 Å². The van der Waals surface area contributed by atoms with Crippen molar-refractivity contribution in [3.05, 3.63) is 151 Å². The molecule has 0 saturated heterocycles. The summed E-state index contributed by atoms with van der Waals surface area (Å²) in [6.07, 6.45) is 0. The first kappa shape index (κ1) is 24.3. The third-order valence-corrected chi connectivity index (χ3v) is 8.15. The van der Waals surface area contributed by atoms with Crippen LogP contribution in [-0.4, -0.2) is 17.7 Å². The van der Waals surface area contributed by atoms with Crippen molar-refractivity contribution < 1.29 is 4.42 Å². The zero-order valence-corrected chi connectivity index (χ0v) is 23.1. The summed E-state index contributed by atoms with van der Waals surface area (Å²) >= 11 is 0. The maximum atomic E-state index is 6.11. The number of oxazole rings is 1. The van der Waals surface area contributed by atoms with E-state index in [0.717, 1.165) is 61.2 Å². The topological polar surface area (TPSA) is 41.6 Å². The highest BCUT2D eigenvalue weighted by molar-refractivity contribution is 6.11. The molecule has 0 fully saturated rings. The Morgan fingerprint density at radius 1 is 0.619 bits per heavy atom. The van der Waals surface area contributed by atoms with Crippen LogP contribution >= 0.6 is 0 Å². The zero-order chi connectivity index (χ0) is 28.0. The van der Waals surface area contributed by atoms with Crippen LogP contribution in [0.1, 0.15) is 17.2 Å². The van der Waals surface area contributed by atoms with Gasteiger partial charge in [-0.3, -0.25) is 0 Å². The van der Waals surface area contributed by atoms with Crippen molar-refractivity contribution in [2.75, 3.05) is 11.9 Å². The molecule has 1 aromatic heterocycles. The molecule has 6 aromatic carbocycles. The van der Waals surface area contributed by atoms with Gasteiger partial charge in [0.05, 0.1) is 23.1 Å². The van der Waals surface area contributed by atoms with Crippen LogP contribution in [0.2, 0.25) is 0 Å². The summed E-state index contributed by atoms with van der Waals surface area (Å²) in [6, 6.07) is 48.5. The SMILES string of the molecule is CN1c2ccccc2N=C(c2cccc(-c3ccc4c(ccc5oc(-c6ccccc6)nc54)c3)c2)C1c1ccccc1. The van der Waals surface area contributed by atoms with Crippen LogP contribution in [0.3, 0.4) is 0 Å². The van der Waals surface area contributed by atoms with Gasteiger partial charge >= 0.3 is 0 Å². The maximum absolute atomic E-state index is 6.11. The first-order valence-corrected chi connectivity index (χ1v) is 14.2. The van der Waals surface area contributed by atoms with Crippen LogP contribution in [0.5, 0.6) is 0 Å². The molecular formula is C38H27N3O.